The van der Waals surface area contributed by atoms with Crippen molar-refractivity contribution in [1.29, 1.82) is 0 Å². The van der Waals surface area contributed by atoms with Crippen LogP contribution in [-0.2, 0) is 23.3 Å². The fourth-order valence-electron chi connectivity index (χ4n) is 5.42. The van der Waals surface area contributed by atoms with E-state index in [1.54, 1.807) is 6.92 Å². The second kappa shape index (κ2) is 12.9. The first-order chi connectivity index (χ1) is 16.8. The summed E-state index contributed by atoms with van der Waals surface area (Å²) < 4.78 is 69.1. The smallest absolute Gasteiger partial charge is 0.398 e. The second-order valence-electron chi connectivity index (χ2n) is 10.3. The Morgan fingerprint density at radius 2 is 1.72 bits per heavy atom. The number of carbonyl (C=O) groups excluding carboxylic acids is 1. The summed E-state index contributed by atoms with van der Waals surface area (Å²) in [6.45, 7) is 9.08. The van der Waals surface area contributed by atoms with Gasteiger partial charge in [0.2, 0.25) is 0 Å². The number of carbonyl (C=O) groups is 1. The lowest BCUT2D eigenvalue weighted by Gasteiger charge is -2.25. The van der Waals surface area contributed by atoms with Crippen LogP contribution in [0.15, 0.2) is 36.4 Å². The largest absolute Gasteiger partial charge is 0.418 e. The Balaban J connectivity index is 2.13. The molecule has 1 aliphatic rings. The number of halogens is 5. The topological polar surface area (TPSA) is 43.1 Å². The van der Waals surface area contributed by atoms with E-state index >= 15 is 0 Å². The first-order valence-electron chi connectivity index (χ1n) is 13.1. The third-order valence-corrected chi connectivity index (χ3v) is 7.45. The van der Waals surface area contributed by atoms with Gasteiger partial charge in [-0.25, -0.2) is 0 Å². The van der Waals surface area contributed by atoms with Gasteiger partial charge in [-0.1, -0.05) is 64.7 Å². The number of benzene rings is 1. The van der Waals surface area contributed by atoms with Crippen molar-refractivity contribution in [2.45, 2.75) is 97.1 Å². The molecular weight excluding hydrogens is 473 g/mol. The van der Waals surface area contributed by atoms with E-state index in [4.69, 9.17) is 5.73 Å². The van der Waals surface area contributed by atoms with Gasteiger partial charge in [0.05, 0.1) is 11.3 Å². The van der Waals surface area contributed by atoms with Gasteiger partial charge in [-0.15, -0.1) is 0 Å². The van der Waals surface area contributed by atoms with E-state index in [-0.39, 0.29) is 30.3 Å². The first-order valence-corrected chi connectivity index (χ1v) is 13.1. The average Bonchev–Trinajstić information content (AvgIpc) is 3.04. The van der Waals surface area contributed by atoms with Crippen LogP contribution >= 0.6 is 0 Å². The van der Waals surface area contributed by atoms with Crippen LogP contribution in [0.1, 0.15) is 95.2 Å². The van der Waals surface area contributed by atoms with E-state index in [0.717, 1.165) is 43.4 Å². The van der Waals surface area contributed by atoms with Gasteiger partial charge < -0.3 is 5.73 Å². The number of nitrogens with two attached hydrogens (primary N) is 1. The lowest BCUT2D eigenvalue weighted by atomic mass is 9.80. The minimum absolute atomic E-state index is 0.00535. The van der Waals surface area contributed by atoms with Crippen LogP contribution in [0, 0.1) is 17.8 Å². The lowest BCUT2D eigenvalue weighted by Crippen LogP contribution is -2.20. The molecule has 0 bridgehead atoms. The lowest BCUT2D eigenvalue weighted by molar-refractivity contribution is -0.137. The molecule has 1 aromatic carbocycles. The highest BCUT2D eigenvalue weighted by Gasteiger charge is 2.39. The molecule has 36 heavy (non-hydrogen) atoms. The molecule has 2 atom stereocenters. The highest BCUT2D eigenvalue weighted by Crippen LogP contribution is 2.42. The molecule has 0 aromatic heterocycles. The Kier molecular flexibility index (Phi) is 10.7. The maximum atomic E-state index is 14.3. The molecule has 0 saturated carbocycles. The van der Waals surface area contributed by atoms with Gasteiger partial charge in [0, 0.05) is 17.9 Å². The average molecular weight is 514 g/mol. The Labute approximate surface area is 212 Å². The number of anilines is 1. The molecular formula is C29H40F5NO. The number of hydrogen-bond donors (Lipinski definition) is 1. The van der Waals surface area contributed by atoms with E-state index in [2.05, 4.69) is 26.5 Å². The highest BCUT2D eigenvalue weighted by atomic mass is 19.4. The number of allylic oxidation sites excluding steroid dienone is 3. The molecule has 7 heteroatoms. The summed E-state index contributed by atoms with van der Waals surface area (Å²) >= 11 is 0. The molecule has 1 aromatic rings. The summed E-state index contributed by atoms with van der Waals surface area (Å²) in [5, 5.41) is 0. The first kappa shape index (κ1) is 30.0. The van der Waals surface area contributed by atoms with Crippen molar-refractivity contribution in [3.05, 3.63) is 53.1 Å². The third kappa shape index (κ3) is 7.91. The number of hydrogen-bond acceptors (Lipinski definition) is 2. The fourth-order valence-corrected chi connectivity index (χ4v) is 5.42. The summed E-state index contributed by atoms with van der Waals surface area (Å²) in [4.78, 5) is 13.0. The molecule has 0 spiro atoms. The predicted octanol–water partition coefficient (Wildman–Crippen LogP) is 9.04. The molecule has 1 aliphatic carbocycles. The zero-order chi connectivity index (χ0) is 27.1. The van der Waals surface area contributed by atoms with Crippen LogP contribution in [0.4, 0.5) is 27.6 Å². The second-order valence-corrected chi connectivity index (χ2v) is 10.3. The van der Waals surface area contributed by atoms with Gasteiger partial charge >= 0.3 is 6.18 Å². The van der Waals surface area contributed by atoms with Gasteiger partial charge in [-0.2, -0.15) is 22.0 Å². The minimum atomic E-state index is -4.89. The van der Waals surface area contributed by atoms with Gasteiger partial charge in [0.15, 0.2) is 0 Å². The zero-order valence-corrected chi connectivity index (χ0v) is 21.7. The molecule has 202 valence electrons. The van der Waals surface area contributed by atoms with E-state index in [9.17, 15) is 26.7 Å². The van der Waals surface area contributed by atoms with Crippen molar-refractivity contribution < 1.29 is 26.7 Å². The normalized spacial score (nSPS) is 18.0. The SMILES string of the molecule is C=CC(F)(F)c1cc(C[C@@H](C)C(=O)CC2=CCCC(C(CCC)CCC)CC2)cc(C(F)(F)F)c1N. The van der Waals surface area contributed by atoms with E-state index < -0.39 is 34.8 Å². The van der Waals surface area contributed by atoms with Crippen LogP contribution in [0.3, 0.4) is 0 Å². The van der Waals surface area contributed by atoms with Crippen molar-refractivity contribution in [3.63, 3.8) is 0 Å². The summed E-state index contributed by atoms with van der Waals surface area (Å²) in [5.41, 5.74) is 3.29. The quantitative estimate of drug-likeness (QED) is 0.172. The minimum Gasteiger partial charge on any atom is -0.398 e. The summed E-state index contributed by atoms with van der Waals surface area (Å²) in [5.74, 6) is -3.08. The van der Waals surface area contributed by atoms with Gasteiger partial charge in [-0.05, 0) is 67.7 Å². The summed E-state index contributed by atoms with van der Waals surface area (Å²) in [7, 11) is 0. The Bertz CT molecular complexity index is 928. The Morgan fingerprint density at radius 3 is 2.28 bits per heavy atom. The maximum absolute atomic E-state index is 14.3. The van der Waals surface area contributed by atoms with E-state index in [1.807, 2.05) is 0 Å². The Hall–Kier alpha value is -2.18. The molecule has 0 aliphatic heterocycles. The van der Waals surface area contributed by atoms with Crippen LogP contribution in [0.25, 0.3) is 0 Å². The molecule has 2 rings (SSSR count). The van der Waals surface area contributed by atoms with Crippen molar-refractivity contribution >= 4 is 11.5 Å². The molecule has 1 unspecified atom stereocenters. The van der Waals surface area contributed by atoms with E-state index in [0.29, 0.717) is 11.8 Å². The molecule has 2 N–H and O–H groups in total. The maximum Gasteiger partial charge on any atom is 0.418 e. The highest BCUT2D eigenvalue weighted by molar-refractivity contribution is 5.83. The molecule has 0 saturated heterocycles. The summed E-state index contributed by atoms with van der Waals surface area (Å²) in [6, 6.07) is 1.74. The van der Waals surface area contributed by atoms with Gasteiger partial charge in [-0.3, -0.25) is 4.79 Å². The molecule has 2 nitrogen and oxygen atoms in total. The van der Waals surface area contributed by atoms with Crippen LogP contribution < -0.4 is 5.73 Å². The number of Topliss-reactive ketones (excluding diaryl/α,β-unsaturated/α-hetero) is 1. The third-order valence-electron chi connectivity index (χ3n) is 7.45. The van der Waals surface area contributed by atoms with Crippen molar-refractivity contribution in [3.8, 4) is 0 Å². The molecule has 0 heterocycles. The van der Waals surface area contributed by atoms with Gasteiger partial charge in [0.1, 0.15) is 5.78 Å². The number of ketones is 1. The zero-order valence-electron chi connectivity index (χ0n) is 21.7. The van der Waals surface area contributed by atoms with Crippen molar-refractivity contribution in [2.75, 3.05) is 5.73 Å². The van der Waals surface area contributed by atoms with E-state index in [1.165, 1.54) is 25.7 Å². The van der Waals surface area contributed by atoms with Crippen LogP contribution in [0.5, 0.6) is 0 Å². The standard InChI is InChI=1S/C29H40F5NO/c1-5-9-22(10-6-2)23-12-8-11-20(13-14-23)18-26(36)19(4)15-21-16-24(28(30,31)7-3)27(35)25(17-21)29(32,33)34/h7,11,16-17,19,22-23H,3,5-6,8-10,12-15,18,35H2,1-2,4H3/t19-,23?/m1/s1. The monoisotopic (exact) mass is 513 g/mol. The predicted molar refractivity (Wildman–Crippen MR) is 136 cm³/mol. The summed E-state index contributed by atoms with van der Waals surface area (Å²) in [6.07, 6.45) is 6.41. The molecule has 0 fully saturated rings. The van der Waals surface area contributed by atoms with Gasteiger partial charge in [0.25, 0.3) is 5.92 Å². The van der Waals surface area contributed by atoms with Crippen molar-refractivity contribution in [1.82, 2.24) is 0 Å². The van der Waals surface area contributed by atoms with Crippen LogP contribution in [0.2, 0.25) is 0 Å². The number of alkyl halides is 5. The Morgan fingerprint density at radius 1 is 1.11 bits per heavy atom. The molecule has 0 amide bonds. The fraction of sp³-hybridized carbons (Fsp3) is 0.621. The molecule has 0 radical (unpaired) electrons. The van der Waals surface area contributed by atoms with Crippen molar-refractivity contribution in [2.24, 2.45) is 17.8 Å². The number of nitrogen functional groups attached to an aromatic ring is 1. The van der Waals surface area contributed by atoms with Crippen LogP contribution in [-0.4, -0.2) is 5.78 Å². The number of rotatable bonds is 12.